The van der Waals surface area contributed by atoms with Gasteiger partial charge in [0.05, 0.1) is 24.4 Å². The number of morpholine rings is 2. The topological polar surface area (TPSA) is 51.0 Å². The molecule has 0 amide bonds. The Morgan fingerprint density at radius 2 is 1.95 bits per heavy atom. The number of nitrogens with zero attached hydrogens (tertiary/aromatic N) is 2. The first-order valence-corrected chi connectivity index (χ1v) is 7.46. The molecular formula is C14H29N3O2. The van der Waals surface area contributed by atoms with Crippen molar-refractivity contribution in [3.8, 4) is 0 Å². The molecule has 2 aliphatic rings. The van der Waals surface area contributed by atoms with Crippen LogP contribution in [-0.4, -0.2) is 80.0 Å². The summed E-state index contributed by atoms with van der Waals surface area (Å²) in [7, 11) is 0. The van der Waals surface area contributed by atoms with Crippen LogP contribution in [0.2, 0.25) is 0 Å². The molecule has 0 aliphatic carbocycles. The van der Waals surface area contributed by atoms with E-state index in [0.717, 1.165) is 45.9 Å². The van der Waals surface area contributed by atoms with Gasteiger partial charge in [-0.3, -0.25) is 9.80 Å². The molecule has 2 saturated heterocycles. The SMILES string of the molecule is CCN1CCOC(CN2CC(CN)OC(C)(C)C2)C1. The zero-order valence-electron chi connectivity index (χ0n) is 12.6. The van der Waals surface area contributed by atoms with Gasteiger partial charge in [0.1, 0.15) is 0 Å². The Bertz CT molecular complexity index is 286. The molecule has 2 atom stereocenters. The van der Waals surface area contributed by atoms with Gasteiger partial charge < -0.3 is 15.2 Å². The quantitative estimate of drug-likeness (QED) is 0.788. The highest BCUT2D eigenvalue weighted by Crippen LogP contribution is 2.21. The van der Waals surface area contributed by atoms with Crippen molar-refractivity contribution in [1.29, 1.82) is 0 Å². The van der Waals surface area contributed by atoms with Gasteiger partial charge in [-0.05, 0) is 20.4 Å². The second kappa shape index (κ2) is 6.50. The van der Waals surface area contributed by atoms with Gasteiger partial charge in [0.25, 0.3) is 0 Å². The number of likely N-dealkylation sites (N-methyl/N-ethyl adjacent to an activating group) is 1. The summed E-state index contributed by atoms with van der Waals surface area (Å²) in [5.41, 5.74) is 5.66. The van der Waals surface area contributed by atoms with Gasteiger partial charge in [-0.25, -0.2) is 0 Å². The Kier molecular flexibility index (Phi) is 5.20. The molecule has 2 N–H and O–H groups in total. The Hall–Kier alpha value is -0.200. The van der Waals surface area contributed by atoms with Crippen LogP contribution in [0.4, 0.5) is 0 Å². The van der Waals surface area contributed by atoms with Gasteiger partial charge in [0, 0.05) is 39.3 Å². The van der Waals surface area contributed by atoms with Crippen molar-refractivity contribution in [3.63, 3.8) is 0 Å². The van der Waals surface area contributed by atoms with Crippen molar-refractivity contribution in [2.24, 2.45) is 5.73 Å². The van der Waals surface area contributed by atoms with Gasteiger partial charge in [0.15, 0.2) is 0 Å². The molecule has 0 spiro atoms. The maximum atomic E-state index is 5.97. The van der Waals surface area contributed by atoms with Crippen LogP contribution in [0, 0.1) is 0 Å². The van der Waals surface area contributed by atoms with E-state index in [1.165, 1.54) is 0 Å². The molecule has 0 bridgehead atoms. The number of ether oxygens (including phenoxy) is 2. The van der Waals surface area contributed by atoms with Crippen LogP contribution in [0.15, 0.2) is 0 Å². The summed E-state index contributed by atoms with van der Waals surface area (Å²) in [6.45, 7) is 14.0. The average Bonchev–Trinajstić information content (AvgIpc) is 2.37. The van der Waals surface area contributed by atoms with Crippen LogP contribution in [0.25, 0.3) is 0 Å². The molecule has 5 heteroatoms. The van der Waals surface area contributed by atoms with Crippen LogP contribution < -0.4 is 5.73 Å². The van der Waals surface area contributed by atoms with E-state index < -0.39 is 0 Å². The van der Waals surface area contributed by atoms with Crippen molar-refractivity contribution < 1.29 is 9.47 Å². The Labute approximate surface area is 117 Å². The number of nitrogens with two attached hydrogens (primary N) is 1. The number of hydrogen-bond donors (Lipinski definition) is 1. The van der Waals surface area contributed by atoms with E-state index in [-0.39, 0.29) is 11.7 Å². The maximum Gasteiger partial charge on any atom is 0.0831 e. The molecule has 112 valence electrons. The summed E-state index contributed by atoms with van der Waals surface area (Å²) in [5.74, 6) is 0. The largest absolute Gasteiger partial charge is 0.374 e. The molecule has 0 aromatic heterocycles. The highest BCUT2D eigenvalue weighted by molar-refractivity contribution is 4.86. The molecule has 0 aromatic rings. The standard InChI is InChI=1S/C14H29N3O2/c1-4-16-5-6-18-13(9-16)10-17-8-12(7-15)19-14(2,3)11-17/h12-13H,4-11,15H2,1-3H3. The van der Waals surface area contributed by atoms with Crippen LogP contribution in [0.5, 0.6) is 0 Å². The molecule has 2 aliphatic heterocycles. The number of rotatable bonds is 4. The lowest BCUT2D eigenvalue weighted by Crippen LogP contribution is -2.57. The predicted octanol–water partition coefficient (Wildman–Crippen LogP) is 0.145. The zero-order valence-corrected chi connectivity index (χ0v) is 12.6. The minimum absolute atomic E-state index is 0.110. The molecule has 2 fully saturated rings. The van der Waals surface area contributed by atoms with Crippen LogP contribution in [0.1, 0.15) is 20.8 Å². The summed E-state index contributed by atoms with van der Waals surface area (Å²) >= 11 is 0. The van der Waals surface area contributed by atoms with Crippen LogP contribution in [-0.2, 0) is 9.47 Å². The van der Waals surface area contributed by atoms with Crippen molar-refractivity contribution in [1.82, 2.24) is 9.80 Å². The predicted molar refractivity (Wildman–Crippen MR) is 76.3 cm³/mol. The first kappa shape index (κ1) is 15.2. The fraction of sp³-hybridized carbons (Fsp3) is 1.00. The first-order valence-electron chi connectivity index (χ1n) is 7.46. The van der Waals surface area contributed by atoms with Crippen molar-refractivity contribution in [2.75, 3.05) is 52.4 Å². The first-order chi connectivity index (χ1) is 9.02. The van der Waals surface area contributed by atoms with Gasteiger partial charge in [-0.1, -0.05) is 6.92 Å². The molecule has 2 heterocycles. The van der Waals surface area contributed by atoms with Crippen molar-refractivity contribution in [3.05, 3.63) is 0 Å². The molecule has 5 nitrogen and oxygen atoms in total. The summed E-state index contributed by atoms with van der Waals surface area (Å²) in [6, 6.07) is 0. The van der Waals surface area contributed by atoms with Gasteiger partial charge in [0.2, 0.25) is 0 Å². The minimum atomic E-state index is -0.110. The highest BCUT2D eigenvalue weighted by Gasteiger charge is 2.34. The fourth-order valence-corrected chi connectivity index (χ4v) is 3.14. The summed E-state index contributed by atoms with van der Waals surface area (Å²) in [6.07, 6.45) is 0.468. The third-order valence-electron chi connectivity index (χ3n) is 3.95. The third-order valence-corrected chi connectivity index (χ3v) is 3.95. The lowest BCUT2D eigenvalue weighted by atomic mass is 10.0. The molecule has 19 heavy (non-hydrogen) atoms. The van der Waals surface area contributed by atoms with Crippen LogP contribution >= 0.6 is 0 Å². The second-order valence-corrected chi connectivity index (χ2v) is 6.32. The molecule has 0 aromatic carbocycles. The molecular weight excluding hydrogens is 242 g/mol. The van der Waals surface area contributed by atoms with E-state index in [9.17, 15) is 0 Å². The van der Waals surface area contributed by atoms with Gasteiger partial charge in [-0.15, -0.1) is 0 Å². The Balaban J connectivity index is 1.87. The van der Waals surface area contributed by atoms with E-state index in [2.05, 4.69) is 30.6 Å². The van der Waals surface area contributed by atoms with E-state index >= 15 is 0 Å². The second-order valence-electron chi connectivity index (χ2n) is 6.32. The molecule has 2 rings (SSSR count). The lowest BCUT2D eigenvalue weighted by molar-refractivity contribution is -0.143. The van der Waals surface area contributed by atoms with E-state index in [0.29, 0.717) is 12.6 Å². The van der Waals surface area contributed by atoms with Crippen molar-refractivity contribution >= 4 is 0 Å². The van der Waals surface area contributed by atoms with Gasteiger partial charge in [-0.2, -0.15) is 0 Å². The number of hydrogen-bond acceptors (Lipinski definition) is 5. The zero-order chi connectivity index (χ0) is 13.9. The molecule has 2 unspecified atom stereocenters. The Morgan fingerprint density at radius 3 is 2.63 bits per heavy atom. The average molecular weight is 271 g/mol. The monoisotopic (exact) mass is 271 g/mol. The maximum absolute atomic E-state index is 5.97. The summed E-state index contributed by atoms with van der Waals surface area (Å²) < 4.78 is 11.9. The van der Waals surface area contributed by atoms with Crippen LogP contribution in [0.3, 0.4) is 0 Å². The fourth-order valence-electron chi connectivity index (χ4n) is 3.14. The third kappa shape index (κ3) is 4.39. The minimum Gasteiger partial charge on any atom is -0.374 e. The van der Waals surface area contributed by atoms with Gasteiger partial charge >= 0.3 is 0 Å². The van der Waals surface area contributed by atoms with E-state index in [1.54, 1.807) is 0 Å². The van der Waals surface area contributed by atoms with Crippen molar-refractivity contribution in [2.45, 2.75) is 38.6 Å². The lowest BCUT2D eigenvalue weighted by Gasteiger charge is -2.44. The van der Waals surface area contributed by atoms with E-state index in [1.807, 2.05) is 0 Å². The summed E-state index contributed by atoms with van der Waals surface area (Å²) in [4.78, 5) is 4.91. The normalized spacial score (nSPS) is 33.5. The van der Waals surface area contributed by atoms with E-state index in [4.69, 9.17) is 15.2 Å². The smallest absolute Gasteiger partial charge is 0.0831 e. The Morgan fingerprint density at radius 1 is 1.21 bits per heavy atom. The molecule has 0 radical (unpaired) electrons. The summed E-state index contributed by atoms with van der Waals surface area (Å²) in [5, 5.41) is 0. The highest BCUT2D eigenvalue weighted by atomic mass is 16.5. The molecule has 0 saturated carbocycles.